The van der Waals surface area contributed by atoms with Crippen molar-refractivity contribution in [3.63, 3.8) is 0 Å². The van der Waals surface area contributed by atoms with Gasteiger partial charge in [-0.25, -0.2) is 4.98 Å². The number of methoxy groups -OCH3 is 1. The van der Waals surface area contributed by atoms with Gasteiger partial charge in [0.15, 0.2) is 0 Å². The Kier molecular flexibility index (Phi) is 7.23. The van der Waals surface area contributed by atoms with Crippen LogP contribution in [0.5, 0.6) is 17.2 Å². The Morgan fingerprint density at radius 2 is 1.95 bits per heavy atom. The molecule has 1 amide bonds. The van der Waals surface area contributed by atoms with E-state index in [0.29, 0.717) is 35.7 Å². The van der Waals surface area contributed by atoms with E-state index in [2.05, 4.69) is 27.6 Å². The highest BCUT2D eigenvalue weighted by Gasteiger charge is 2.20. The molecule has 9 nitrogen and oxygen atoms in total. The van der Waals surface area contributed by atoms with Crippen molar-refractivity contribution in [2.45, 2.75) is 25.3 Å². The average Bonchev–Trinajstić information content (AvgIpc) is 3.46. The van der Waals surface area contributed by atoms with Crippen LogP contribution < -0.4 is 20.1 Å². The summed E-state index contributed by atoms with van der Waals surface area (Å²) in [6.45, 7) is 1.76. The summed E-state index contributed by atoms with van der Waals surface area (Å²) in [6, 6.07) is 17.4. The van der Waals surface area contributed by atoms with Crippen LogP contribution in [0, 0.1) is 0 Å². The third-order valence-electron chi connectivity index (χ3n) is 6.84. The first-order valence-electron chi connectivity index (χ1n) is 12.5. The quantitative estimate of drug-likeness (QED) is 0.343. The van der Waals surface area contributed by atoms with E-state index in [0.717, 1.165) is 35.4 Å². The summed E-state index contributed by atoms with van der Waals surface area (Å²) in [5.74, 6) is 2.39. The van der Waals surface area contributed by atoms with Crippen molar-refractivity contribution in [3.8, 4) is 17.2 Å². The third-order valence-corrected chi connectivity index (χ3v) is 6.84. The Morgan fingerprint density at radius 1 is 1.11 bits per heavy atom. The molecule has 0 saturated carbocycles. The molecule has 0 aliphatic carbocycles. The maximum atomic E-state index is 12.6. The van der Waals surface area contributed by atoms with Crippen LogP contribution in [0.25, 0.3) is 11.0 Å². The molecule has 0 spiro atoms. The number of aryl methyl sites for hydroxylation is 1. The minimum absolute atomic E-state index is 0.196. The second-order valence-corrected chi connectivity index (χ2v) is 9.27. The highest BCUT2D eigenvalue weighted by Crippen LogP contribution is 2.30. The monoisotopic (exact) mass is 500 g/mol. The number of benzene rings is 2. The van der Waals surface area contributed by atoms with E-state index < -0.39 is 0 Å². The number of carbonyl (C=O) groups excluding carboxylic acids is 1. The zero-order valence-corrected chi connectivity index (χ0v) is 21.4. The summed E-state index contributed by atoms with van der Waals surface area (Å²) in [5, 5.41) is 6.32. The first-order valence-corrected chi connectivity index (χ1v) is 12.5. The van der Waals surface area contributed by atoms with Crippen LogP contribution in [0.2, 0.25) is 0 Å². The van der Waals surface area contributed by atoms with E-state index in [1.807, 2.05) is 54.1 Å². The Hall–Kier alpha value is -4.11. The van der Waals surface area contributed by atoms with Gasteiger partial charge in [0.1, 0.15) is 22.9 Å². The van der Waals surface area contributed by atoms with E-state index in [-0.39, 0.29) is 5.91 Å². The summed E-state index contributed by atoms with van der Waals surface area (Å²) in [7, 11) is 5.73. The van der Waals surface area contributed by atoms with Crippen molar-refractivity contribution in [2.75, 3.05) is 32.6 Å². The van der Waals surface area contributed by atoms with E-state index in [1.165, 1.54) is 12.8 Å². The Morgan fingerprint density at radius 3 is 2.76 bits per heavy atom. The second-order valence-electron chi connectivity index (χ2n) is 9.27. The van der Waals surface area contributed by atoms with E-state index >= 15 is 0 Å². The summed E-state index contributed by atoms with van der Waals surface area (Å²) in [5.41, 5.74) is 2.89. The second kappa shape index (κ2) is 10.9. The number of nitrogens with zero attached hydrogens (tertiary/aromatic N) is 4. The molecule has 1 fully saturated rings. The number of carbonyl (C=O) groups is 1. The molecule has 1 saturated heterocycles. The van der Waals surface area contributed by atoms with Gasteiger partial charge in [-0.05, 0) is 63.2 Å². The van der Waals surface area contributed by atoms with Gasteiger partial charge < -0.3 is 29.6 Å². The first-order chi connectivity index (χ1) is 18.0. The molecule has 9 heteroatoms. The highest BCUT2D eigenvalue weighted by atomic mass is 16.5. The number of rotatable bonds is 9. The van der Waals surface area contributed by atoms with Gasteiger partial charge in [0.25, 0.3) is 5.91 Å². The number of amides is 1. The van der Waals surface area contributed by atoms with E-state index in [9.17, 15) is 4.79 Å². The molecule has 1 atom stereocenters. The summed E-state index contributed by atoms with van der Waals surface area (Å²) in [6.07, 6.45) is 4.94. The molecule has 192 valence electrons. The fourth-order valence-electron chi connectivity index (χ4n) is 4.75. The summed E-state index contributed by atoms with van der Waals surface area (Å²) >= 11 is 0. The Balaban J connectivity index is 1.26. The molecule has 1 aliphatic rings. The lowest BCUT2D eigenvalue weighted by Gasteiger charge is -2.19. The van der Waals surface area contributed by atoms with Crippen molar-refractivity contribution in [2.24, 2.45) is 7.05 Å². The van der Waals surface area contributed by atoms with Crippen molar-refractivity contribution in [1.82, 2.24) is 24.8 Å². The van der Waals surface area contributed by atoms with Crippen LogP contribution in [0.15, 0.2) is 60.8 Å². The average molecular weight is 501 g/mol. The Labute approximate surface area is 216 Å². The van der Waals surface area contributed by atoms with Gasteiger partial charge >= 0.3 is 0 Å². The largest absolute Gasteiger partial charge is 0.495 e. The Bertz CT molecular complexity index is 1400. The number of hydrogen-bond donors (Lipinski definition) is 2. The molecule has 1 aliphatic heterocycles. The van der Waals surface area contributed by atoms with Gasteiger partial charge in [0.05, 0.1) is 23.8 Å². The van der Waals surface area contributed by atoms with Crippen LogP contribution in [-0.2, 0) is 7.05 Å². The van der Waals surface area contributed by atoms with Crippen LogP contribution in [0.3, 0.4) is 0 Å². The zero-order chi connectivity index (χ0) is 25.8. The number of aromatic nitrogens is 3. The van der Waals surface area contributed by atoms with Crippen LogP contribution >= 0.6 is 0 Å². The number of pyridine rings is 1. The molecule has 0 radical (unpaired) electrons. The smallest absolute Gasteiger partial charge is 0.270 e. The number of para-hydroxylation sites is 2. The normalized spacial score (nSPS) is 15.6. The number of hydrogen-bond acceptors (Lipinski definition) is 7. The molecule has 0 bridgehead atoms. The number of likely N-dealkylation sites (tertiary alicyclic amines) is 1. The van der Waals surface area contributed by atoms with Crippen molar-refractivity contribution >= 4 is 28.6 Å². The molecular formula is C28H32N6O3. The molecule has 4 aromatic rings. The minimum atomic E-state index is -0.196. The zero-order valence-electron chi connectivity index (χ0n) is 21.4. The molecule has 2 aromatic carbocycles. The highest BCUT2D eigenvalue weighted by molar-refractivity contribution is 5.92. The first kappa shape index (κ1) is 24.6. The number of ether oxygens (including phenoxy) is 2. The molecule has 37 heavy (non-hydrogen) atoms. The standard InChI is InChI=1S/C28H32N6O3/c1-33-16-6-7-19(33)12-14-30-27(35)24-18-21(13-15-29-24)37-20-10-11-25-23(17-20)32-28(34(25)2)31-22-8-4-5-9-26(22)36-3/h4-5,8-11,13,15,17-19H,6-7,12,14,16H2,1-3H3,(H,30,35)(H,31,32). The number of fused-ring (bicyclic) bond motifs is 1. The maximum absolute atomic E-state index is 12.6. The third kappa shape index (κ3) is 5.51. The predicted octanol–water partition coefficient (Wildman–Crippen LogP) is 4.73. The fourth-order valence-corrected chi connectivity index (χ4v) is 4.75. The van der Waals surface area contributed by atoms with Gasteiger partial charge in [-0.3, -0.25) is 9.78 Å². The van der Waals surface area contributed by atoms with Crippen LogP contribution in [0.4, 0.5) is 11.6 Å². The molecule has 1 unspecified atom stereocenters. The molecule has 2 N–H and O–H groups in total. The SMILES string of the molecule is COc1ccccc1Nc1nc2cc(Oc3ccnc(C(=O)NCCC4CCCN4C)c3)ccc2n1C. The van der Waals surface area contributed by atoms with Crippen molar-refractivity contribution in [1.29, 1.82) is 0 Å². The van der Waals surface area contributed by atoms with Gasteiger partial charge in [0.2, 0.25) is 5.95 Å². The van der Waals surface area contributed by atoms with E-state index in [4.69, 9.17) is 14.5 Å². The topological polar surface area (TPSA) is 93.5 Å². The van der Waals surface area contributed by atoms with Crippen molar-refractivity contribution < 1.29 is 14.3 Å². The molecular weight excluding hydrogens is 468 g/mol. The lowest BCUT2D eigenvalue weighted by molar-refractivity contribution is 0.0945. The maximum Gasteiger partial charge on any atom is 0.270 e. The lowest BCUT2D eigenvalue weighted by atomic mass is 10.1. The van der Waals surface area contributed by atoms with E-state index in [1.54, 1.807) is 25.4 Å². The fraction of sp³-hybridized carbons (Fsp3) is 0.321. The number of anilines is 2. The van der Waals surface area contributed by atoms with Gasteiger partial charge in [0, 0.05) is 38.0 Å². The lowest BCUT2D eigenvalue weighted by Crippen LogP contribution is -2.32. The van der Waals surface area contributed by atoms with Crippen molar-refractivity contribution in [3.05, 3.63) is 66.5 Å². The van der Waals surface area contributed by atoms with Crippen LogP contribution in [-0.4, -0.2) is 58.6 Å². The van der Waals surface area contributed by atoms with Crippen LogP contribution in [0.1, 0.15) is 29.8 Å². The summed E-state index contributed by atoms with van der Waals surface area (Å²) in [4.78, 5) is 24.0. The van der Waals surface area contributed by atoms with Gasteiger partial charge in [-0.15, -0.1) is 0 Å². The molecule has 3 heterocycles. The number of nitrogens with one attached hydrogen (secondary N) is 2. The number of imidazole rings is 1. The summed E-state index contributed by atoms with van der Waals surface area (Å²) < 4.78 is 13.5. The predicted molar refractivity (Wildman–Crippen MR) is 144 cm³/mol. The van der Waals surface area contributed by atoms with Gasteiger partial charge in [-0.1, -0.05) is 12.1 Å². The van der Waals surface area contributed by atoms with Gasteiger partial charge in [-0.2, -0.15) is 0 Å². The molecule has 5 rings (SSSR count). The minimum Gasteiger partial charge on any atom is -0.495 e. The molecule has 2 aromatic heterocycles.